The number of pyridine rings is 1. The van der Waals surface area contributed by atoms with Crippen LogP contribution in [0.1, 0.15) is 31.8 Å². The molecular weight excluding hydrogens is 535 g/mol. The molecule has 7 nitrogen and oxygen atoms in total. The van der Waals surface area contributed by atoms with E-state index in [0.29, 0.717) is 9.90 Å². The van der Waals surface area contributed by atoms with Gasteiger partial charge in [-0.25, -0.2) is 13.4 Å². The molecule has 0 aliphatic heterocycles. The Balaban J connectivity index is 0.00000336. The Bertz CT molecular complexity index is 1580. The Kier molecular flexibility index (Phi) is 8.67. The van der Waals surface area contributed by atoms with Crippen molar-refractivity contribution in [1.29, 1.82) is 0 Å². The summed E-state index contributed by atoms with van der Waals surface area (Å²) in [6.45, 7) is 5.50. The summed E-state index contributed by atoms with van der Waals surface area (Å²) >= 11 is 2.88. The monoisotopic (exact) mass is 567 g/mol. The highest BCUT2D eigenvalue weighted by molar-refractivity contribution is 7.94. The predicted octanol–water partition coefficient (Wildman–Crippen LogP) is 6.66. The largest absolute Gasteiger partial charge is 0.351 e. The Hall–Kier alpha value is -3.05. The number of hydrogen-bond donors (Lipinski definition) is 1. The van der Waals surface area contributed by atoms with Gasteiger partial charge >= 0.3 is 0 Å². The highest BCUT2D eigenvalue weighted by Crippen LogP contribution is 2.36. The van der Waals surface area contributed by atoms with E-state index in [2.05, 4.69) is 33.0 Å². The van der Waals surface area contributed by atoms with Crippen LogP contribution in [0.3, 0.4) is 0 Å². The van der Waals surface area contributed by atoms with Gasteiger partial charge in [0.2, 0.25) is 0 Å². The molecule has 0 aliphatic carbocycles. The fourth-order valence-electron chi connectivity index (χ4n) is 4.33. The summed E-state index contributed by atoms with van der Waals surface area (Å²) in [4.78, 5) is 16.0. The van der Waals surface area contributed by atoms with Gasteiger partial charge in [-0.15, -0.1) is 22.7 Å². The van der Waals surface area contributed by atoms with Gasteiger partial charge in [-0.1, -0.05) is 31.7 Å². The van der Waals surface area contributed by atoms with Crippen molar-refractivity contribution < 1.29 is 8.42 Å². The first-order valence-corrected chi connectivity index (χ1v) is 15.2. The smallest absolute Gasteiger partial charge is 0.274 e. The van der Waals surface area contributed by atoms with Gasteiger partial charge in [-0.2, -0.15) is 0 Å². The van der Waals surface area contributed by atoms with Crippen LogP contribution in [0.25, 0.3) is 21.6 Å². The molecule has 4 aromatic heterocycles. The van der Waals surface area contributed by atoms with E-state index in [1.54, 1.807) is 28.8 Å². The molecule has 0 saturated heterocycles. The van der Waals surface area contributed by atoms with Gasteiger partial charge in [0.1, 0.15) is 9.22 Å². The molecule has 0 aliphatic rings. The number of aromatic amines is 1. The number of fused-ring (bicyclic) bond motifs is 1. The molecule has 0 bridgehead atoms. The van der Waals surface area contributed by atoms with E-state index in [1.807, 2.05) is 62.6 Å². The van der Waals surface area contributed by atoms with Crippen molar-refractivity contribution in [2.24, 2.45) is 0 Å². The number of nitrogens with one attached hydrogen (secondary N) is 1. The molecule has 0 radical (unpaired) electrons. The van der Waals surface area contributed by atoms with E-state index in [1.165, 1.54) is 20.5 Å². The molecule has 0 saturated carbocycles. The van der Waals surface area contributed by atoms with Crippen LogP contribution in [0.4, 0.5) is 5.69 Å². The minimum atomic E-state index is -3.68. The maximum Gasteiger partial charge on any atom is 0.274 e. The number of thiazole rings is 1. The maximum atomic E-state index is 13.5. The number of likely N-dealkylation sites (N-methyl/N-ethyl adjacent to an activating group) is 1. The third-order valence-corrected chi connectivity index (χ3v) is 10.4. The van der Waals surface area contributed by atoms with E-state index in [4.69, 9.17) is 0 Å². The van der Waals surface area contributed by atoms with Crippen molar-refractivity contribution in [1.82, 2.24) is 19.9 Å². The first-order chi connectivity index (χ1) is 17.8. The molecule has 0 amide bonds. The Labute approximate surface area is 232 Å². The van der Waals surface area contributed by atoms with E-state index in [0.717, 1.165) is 46.8 Å². The number of thiophene rings is 1. The molecule has 1 aromatic carbocycles. The molecule has 0 spiro atoms. The summed E-state index contributed by atoms with van der Waals surface area (Å²) in [6.07, 6.45) is 4.65. The lowest BCUT2D eigenvalue weighted by Crippen LogP contribution is -2.36. The van der Waals surface area contributed by atoms with E-state index in [9.17, 15) is 8.42 Å². The van der Waals surface area contributed by atoms with Crippen LogP contribution in [0.5, 0.6) is 0 Å². The molecular formula is C28H33N5O2S3. The van der Waals surface area contributed by atoms with Crippen LogP contribution in [-0.4, -0.2) is 47.9 Å². The number of rotatable bonds is 10. The van der Waals surface area contributed by atoms with E-state index >= 15 is 0 Å². The minimum absolute atomic E-state index is 0. The highest BCUT2D eigenvalue weighted by atomic mass is 32.2. The average molecular weight is 568 g/mol. The molecule has 5 rings (SSSR count). The van der Waals surface area contributed by atoms with Crippen LogP contribution in [0, 0.1) is 0 Å². The molecule has 10 heteroatoms. The molecule has 200 valence electrons. The summed E-state index contributed by atoms with van der Waals surface area (Å²) < 4.78 is 28.9. The topological polar surface area (TPSA) is 82.2 Å². The van der Waals surface area contributed by atoms with Gasteiger partial charge in [0.25, 0.3) is 10.0 Å². The fraction of sp³-hybridized carbons (Fsp3) is 0.286. The highest BCUT2D eigenvalue weighted by Gasteiger charge is 2.30. The molecule has 38 heavy (non-hydrogen) atoms. The molecule has 0 atom stereocenters. The van der Waals surface area contributed by atoms with E-state index in [-0.39, 0.29) is 13.5 Å². The standard InChI is InChI=1S/C27H29N5O2S3.CH4/c1-19(2)32(37(33,34)25-11-7-15-35-25)24-10-6-8-20-16-23(30-26(20)24)27-29-17-22(36-27)18-31(3)14-12-21-9-4-5-13-28-21;/h4-11,13,15-17,19,30H,12,14,18H2,1-3H3;1H4. The van der Waals surface area contributed by atoms with E-state index < -0.39 is 10.0 Å². The quantitative estimate of drug-likeness (QED) is 0.204. The van der Waals surface area contributed by atoms with Crippen LogP contribution in [0.15, 0.2) is 76.6 Å². The predicted molar refractivity (Wildman–Crippen MR) is 160 cm³/mol. The summed E-state index contributed by atoms with van der Waals surface area (Å²) in [6, 6.07) is 17.0. The minimum Gasteiger partial charge on any atom is -0.351 e. The number of benzene rings is 1. The number of anilines is 1. The molecule has 0 fully saturated rings. The fourth-order valence-corrected chi connectivity index (χ4v) is 8.05. The van der Waals surface area contributed by atoms with Crippen molar-refractivity contribution in [3.63, 3.8) is 0 Å². The second-order valence-electron chi connectivity index (χ2n) is 9.19. The van der Waals surface area contributed by atoms with Crippen LogP contribution in [-0.2, 0) is 23.0 Å². The van der Waals surface area contributed by atoms with Gasteiger partial charge in [0.05, 0.1) is 16.9 Å². The van der Waals surface area contributed by atoms with Gasteiger partial charge < -0.3 is 9.88 Å². The van der Waals surface area contributed by atoms with Gasteiger partial charge in [0, 0.05) is 53.9 Å². The van der Waals surface area contributed by atoms with Crippen LogP contribution in [0.2, 0.25) is 0 Å². The number of nitrogens with zero attached hydrogens (tertiary/aromatic N) is 4. The van der Waals surface area contributed by atoms with Crippen molar-refractivity contribution in [2.45, 2.75) is 44.5 Å². The zero-order valence-corrected chi connectivity index (χ0v) is 23.4. The first kappa shape index (κ1) is 28.0. The second kappa shape index (κ2) is 11.8. The molecule has 5 aromatic rings. The Morgan fingerprint density at radius 3 is 2.61 bits per heavy atom. The van der Waals surface area contributed by atoms with Crippen LogP contribution < -0.4 is 4.31 Å². The lowest BCUT2D eigenvalue weighted by atomic mass is 10.2. The van der Waals surface area contributed by atoms with Crippen molar-refractivity contribution in [3.8, 4) is 10.7 Å². The Morgan fingerprint density at radius 1 is 1.05 bits per heavy atom. The number of para-hydroxylation sites is 1. The summed E-state index contributed by atoms with van der Waals surface area (Å²) in [5.41, 5.74) is 3.39. The molecule has 0 unspecified atom stereocenters. The zero-order valence-electron chi connectivity index (χ0n) is 21.0. The second-order valence-corrected chi connectivity index (χ2v) is 13.3. The number of hydrogen-bond acceptors (Lipinski definition) is 7. The van der Waals surface area contributed by atoms with Gasteiger partial charge in [0.15, 0.2) is 0 Å². The molecule has 1 N–H and O–H groups in total. The van der Waals surface area contributed by atoms with Crippen LogP contribution >= 0.6 is 22.7 Å². The summed E-state index contributed by atoms with van der Waals surface area (Å²) in [7, 11) is -1.58. The normalized spacial score (nSPS) is 11.8. The number of H-pyrrole nitrogens is 1. The summed E-state index contributed by atoms with van der Waals surface area (Å²) in [5, 5.41) is 3.62. The van der Waals surface area contributed by atoms with Gasteiger partial charge in [-0.05, 0) is 56.6 Å². The summed E-state index contributed by atoms with van der Waals surface area (Å²) in [5.74, 6) is 0. The number of aromatic nitrogens is 3. The SMILES string of the molecule is C.CC(C)N(c1cccc2cc(-c3ncc(CN(C)CCc4ccccn4)s3)[nH]c12)S(=O)(=O)c1cccs1. The number of sulfonamides is 1. The maximum absolute atomic E-state index is 13.5. The Morgan fingerprint density at radius 2 is 1.89 bits per heavy atom. The van der Waals surface area contributed by atoms with Crippen molar-refractivity contribution in [3.05, 3.63) is 82.9 Å². The van der Waals surface area contributed by atoms with Crippen molar-refractivity contribution in [2.75, 3.05) is 17.9 Å². The lowest BCUT2D eigenvalue weighted by molar-refractivity contribution is 0.332. The first-order valence-electron chi connectivity index (χ1n) is 12.1. The zero-order chi connectivity index (χ0) is 26.0. The molecule has 4 heterocycles. The lowest BCUT2D eigenvalue weighted by Gasteiger charge is -2.28. The average Bonchev–Trinajstić information content (AvgIpc) is 3.64. The third-order valence-electron chi connectivity index (χ3n) is 6.03. The van der Waals surface area contributed by atoms with Gasteiger partial charge in [-0.3, -0.25) is 9.29 Å². The third kappa shape index (κ3) is 5.83. The van der Waals surface area contributed by atoms with Crippen molar-refractivity contribution >= 4 is 49.3 Å².